The van der Waals surface area contributed by atoms with Gasteiger partial charge < -0.3 is 14.2 Å². The van der Waals surface area contributed by atoms with Crippen molar-refractivity contribution in [2.75, 3.05) is 20.3 Å². The highest BCUT2D eigenvalue weighted by Crippen LogP contribution is 2.20. The topological polar surface area (TPSA) is 68.5 Å². The molecular weight excluding hydrogens is 294 g/mol. The van der Waals surface area contributed by atoms with Gasteiger partial charge >= 0.3 is 0 Å². The number of hydrogen-bond acceptors (Lipinski definition) is 5. The van der Waals surface area contributed by atoms with E-state index in [-0.39, 0.29) is 5.91 Å². The molecule has 3 rings (SSSR count). The Kier molecular flexibility index (Phi) is 5.02. The van der Waals surface area contributed by atoms with Crippen LogP contribution >= 0.6 is 0 Å². The number of ether oxygens (including phenoxy) is 1. The van der Waals surface area contributed by atoms with Crippen LogP contribution in [0.2, 0.25) is 0 Å². The zero-order valence-electron chi connectivity index (χ0n) is 13.3. The fourth-order valence-electron chi connectivity index (χ4n) is 2.74. The molecule has 1 aliphatic rings. The number of nitrogens with zero attached hydrogens (tertiary/aromatic N) is 3. The average molecular weight is 315 g/mol. The van der Waals surface area contributed by atoms with Crippen molar-refractivity contribution in [2.45, 2.75) is 25.8 Å². The number of carbonyl (C=O) groups excluding carboxylic acids is 1. The number of hydrogen-bond donors (Lipinski definition) is 0. The van der Waals surface area contributed by atoms with Crippen LogP contribution in [0.25, 0.3) is 11.3 Å². The first-order valence-corrected chi connectivity index (χ1v) is 7.90. The molecule has 0 spiro atoms. The third-order valence-corrected chi connectivity index (χ3v) is 4.07. The lowest BCUT2D eigenvalue weighted by Gasteiger charge is -2.24. The lowest BCUT2D eigenvalue weighted by atomic mass is 9.98. The second-order valence-electron chi connectivity index (χ2n) is 5.95. The zero-order valence-corrected chi connectivity index (χ0v) is 13.3. The zero-order chi connectivity index (χ0) is 16.1. The largest absolute Gasteiger partial charge is 0.381 e. The van der Waals surface area contributed by atoms with Crippen LogP contribution in [0.15, 0.2) is 35.1 Å². The summed E-state index contributed by atoms with van der Waals surface area (Å²) < 4.78 is 10.8. The second-order valence-corrected chi connectivity index (χ2v) is 5.95. The normalized spacial score (nSPS) is 17.9. The monoisotopic (exact) mass is 315 g/mol. The summed E-state index contributed by atoms with van der Waals surface area (Å²) in [6.07, 6.45) is 6.06. The maximum absolute atomic E-state index is 12.3. The molecule has 122 valence electrons. The van der Waals surface area contributed by atoms with E-state index in [1.54, 1.807) is 24.3 Å². The fraction of sp³-hybridized carbons (Fsp3) is 0.471. The fourth-order valence-corrected chi connectivity index (χ4v) is 2.74. The van der Waals surface area contributed by atoms with Crippen molar-refractivity contribution in [2.24, 2.45) is 5.92 Å². The van der Waals surface area contributed by atoms with Gasteiger partial charge in [-0.05, 0) is 30.9 Å². The summed E-state index contributed by atoms with van der Waals surface area (Å²) in [5.74, 6) is 1.12. The minimum Gasteiger partial charge on any atom is -0.381 e. The summed E-state index contributed by atoms with van der Waals surface area (Å²) in [6, 6.07) is 5.61. The molecule has 0 aromatic carbocycles. The maximum atomic E-state index is 12.3. The molecule has 1 saturated heterocycles. The molecule has 1 unspecified atom stereocenters. The molecule has 0 bridgehead atoms. The van der Waals surface area contributed by atoms with Crippen molar-refractivity contribution in [1.82, 2.24) is 15.0 Å². The molecule has 1 fully saturated rings. The molecule has 6 nitrogen and oxygen atoms in total. The van der Waals surface area contributed by atoms with Gasteiger partial charge in [0.2, 0.25) is 5.91 Å². The van der Waals surface area contributed by atoms with Crippen LogP contribution in [-0.4, -0.2) is 41.2 Å². The van der Waals surface area contributed by atoms with E-state index in [2.05, 4.69) is 10.1 Å². The van der Waals surface area contributed by atoms with E-state index in [4.69, 9.17) is 9.26 Å². The predicted molar refractivity (Wildman–Crippen MR) is 84.4 cm³/mol. The molecule has 1 aliphatic heterocycles. The van der Waals surface area contributed by atoms with E-state index in [1.807, 2.05) is 18.2 Å². The Morgan fingerprint density at radius 2 is 2.22 bits per heavy atom. The van der Waals surface area contributed by atoms with Crippen LogP contribution in [0.1, 0.15) is 25.0 Å². The minimum absolute atomic E-state index is 0.113. The molecule has 6 heteroatoms. The third-order valence-electron chi connectivity index (χ3n) is 4.07. The molecule has 0 N–H and O–H groups in total. The first-order chi connectivity index (χ1) is 11.2. The third kappa shape index (κ3) is 4.16. The van der Waals surface area contributed by atoms with Crippen LogP contribution in [0.3, 0.4) is 0 Å². The van der Waals surface area contributed by atoms with E-state index < -0.39 is 0 Å². The van der Waals surface area contributed by atoms with Crippen LogP contribution in [-0.2, 0) is 16.1 Å². The molecule has 2 aromatic rings. The first kappa shape index (κ1) is 15.7. The Balaban J connectivity index is 1.56. The minimum atomic E-state index is 0.113. The van der Waals surface area contributed by atoms with Gasteiger partial charge in [0, 0.05) is 50.7 Å². The molecular formula is C17H21N3O3. The molecule has 23 heavy (non-hydrogen) atoms. The van der Waals surface area contributed by atoms with Crippen molar-refractivity contribution in [1.29, 1.82) is 0 Å². The summed E-state index contributed by atoms with van der Waals surface area (Å²) in [6.45, 7) is 1.93. The number of aromatic nitrogens is 2. The average Bonchev–Trinajstić information content (AvgIpc) is 3.05. The Bertz CT molecular complexity index is 636. The van der Waals surface area contributed by atoms with E-state index in [9.17, 15) is 4.79 Å². The number of amides is 1. The molecule has 0 saturated carbocycles. The van der Waals surface area contributed by atoms with Gasteiger partial charge in [-0.3, -0.25) is 9.78 Å². The Morgan fingerprint density at radius 1 is 1.39 bits per heavy atom. The van der Waals surface area contributed by atoms with Gasteiger partial charge in [0.1, 0.15) is 5.69 Å². The first-order valence-electron chi connectivity index (χ1n) is 7.90. The molecule has 0 aliphatic carbocycles. The smallest absolute Gasteiger partial charge is 0.223 e. The quantitative estimate of drug-likeness (QED) is 0.848. The summed E-state index contributed by atoms with van der Waals surface area (Å²) in [5.41, 5.74) is 1.70. The summed E-state index contributed by atoms with van der Waals surface area (Å²) in [5, 5.41) is 4.05. The van der Waals surface area contributed by atoms with Crippen LogP contribution in [0, 0.1) is 5.92 Å². The van der Waals surface area contributed by atoms with Gasteiger partial charge in [0.05, 0.1) is 6.54 Å². The molecule has 0 radical (unpaired) electrons. The Hall–Kier alpha value is -2.21. The SMILES string of the molecule is CN(Cc1cc(-c2ccncc2)no1)C(=O)CC1CCCOC1. The molecule has 1 atom stereocenters. The lowest BCUT2D eigenvalue weighted by Crippen LogP contribution is -2.30. The van der Waals surface area contributed by atoms with Crippen LogP contribution < -0.4 is 0 Å². The number of rotatable bonds is 5. The van der Waals surface area contributed by atoms with Crippen LogP contribution in [0.4, 0.5) is 0 Å². The maximum Gasteiger partial charge on any atom is 0.223 e. The predicted octanol–water partition coefficient (Wildman–Crippen LogP) is 2.51. The summed E-state index contributed by atoms with van der Waals surface area (Å²) in [7, 11) is 1.79. The molecule has 3 heterocycles. The van der Waals surface area contributed by atoms with Gasteiger partial charge in [-0.2, -0.15) is 0 Å². The van der Waals surface area contributed by atoms with Crippen LogP contribution in [0.5, 0.6) is 0 Å². The standard InChI is InChI=1S/C17H21N3O3/c1-20(17(21)9-13-3-2-8-22-12-13)11-15-10-16(19-23-15)14-4-6-18-7-5-14/h4-7,10,13H,2-3,8-9,11-12H2,1H3. The molecule has 1 amide bonds. The van der Waals surface area contributed by atoms with Crippen molar-refractivity contribution in [3.8, 4) is 11.3 Å². The second kappa shape index (κ2) is 7.37. The Morgan fingerprint density at radius 3 is 2.96 bits per heavy atom. The van der Waals surface area contributed by atoms with Crippen molar-refractivity contribution in [3.05, 3.63) is 36.4 Å². The van der Waals surface area contributed by atoms with E-state index in [0.29, 0.717) is 31.3 Å². The van der Waals surface area contributed by atoms with Gasteiger partial charge in [0.25, 0.3) is 0 Å². The Labute approximate surface area is 135 Å². The van der Waals surface area contributed by atoms with E-state index >= 15 is 0 Å². The van der Waals surface area contributed by atoms with E-state index in [1.165, 1.54) is 0 Å². The van der Waals surface area contributed by atoms with Gasteiger partial charge in [-0.15, -0.1) is 0 Å². The summed E-state index contributed by atoms with van der Waals surface area (Å²) >= 11 is 0. The van der Waals surface area contributed by atoms with E-state index in [0.717, 1.165) is 30.7 Å². The lowest BCUT2D eigenvalue weighted by molar-refractivity contribution is -0.132. The summed E-state index contributed by atoms with van der Waals surface area (Å²) in [4.78, 5) is 18.0. The highest BCUT2D eigenvalue weighted by Gasteiger charge is 2.20. The number of pyridine rings is 1. The highest BCUT2D eigenvalue weighted by atomic mass is 16.5. The van der Waals surface area contributed by atoms with Crippen molar-refractivity contribution >= 4 is 5.91 Å². The van der Waals surface area contributed by atoms with Gasteiger partial charge in [-0.1, -0.05) is 5.16 Å². The number of carbonyl (C=O) groups is 1. The van der Waals surface area contributed by atoms with Gasteiger partial charge in [0.15, 0.2) is 5.76 Å². The van der Waals surface area contributed by atoms with Crippen molar-refractivity contribution < 1.29 is 14.1 Å². The van der Waals surface area contributed by atoms with Crippen molar-refractivity contribution in [3.63, 3.8) is 0 Å². The van der Waals surface area contributed by atoms with Gasteiger partial charge in [-0.25, -0.2) is 0 Å². The highest BCUT2D eigenvalue weighted by molar-refractivity contribution is 5.76. The molecule has 2 aromatic heterocycles.